The third-order valence-corrected chi connectivity index (χ3v) is 3.08. The Balaban J connectivity index is 1.89. The van der Waals surface area contributed by atoms with Gasteiger partial charge in [0, 0.05) is 24.9 Å². The summed E-state index contributed by atoms with van der Waals surface area (Å²) in [6, 6.07) is 0. The molecule has 2 heterocycles. The molecular formula is C12H17N3O2. The highest BCUT2D eigenvalue weighted by Crippen LogP contribution is 2.24. The summed E-state index contributed by atoms with van der Waals surface area (Å²) in [6.07, 6.45) is 7.47. The second-order valence-corrected chi connectivity index (χ2v) is 4.55. The topological polar surface area (TPSA) is 58.4 Å². The van der Waals surface area contributed by atoms with Crippen molar-refractivity contribution in [2.75, 3.05) is 13.1 Å². The second kappa shape index (κ2) is 4.33. The van der Waals surface area contributed by atoms with Gasteiger partial charge in [-0.3, -0.25) is 9.48 Å². The monoisotopic (exact) mass is 235 g/mol. The molecule has 92 valence electrons. The number of aliphatic hydroxyl groups is 1. The van der Waals surface area contributed by atoms with Crippen LogP contribution in [0.2, 0.25) is 0 Å². The van der Waals surface area contributed by atoms with Gasteiger partial charge < -0.3 is 10.0 Å². The molecule has 1 aliphatic heterocycles. The van der Waals surface area contributed by atoms with E-state index in [0.717, 1.165) is 5.56 Å². The molecule has 17 heavy (non-hydrogen) atoms. The molecule has 0 aromatic carbocycles. The van der Waals surface area contributed by atoms with Gasteiger partial charge in [-0.25, -0.2) is 0 Å². The average molecular weight is 235 g/mol. The largest absolute Gasteiger partial charge is 0.386 e. The van der Waals surface area contributed by atoms with Gasteiger partial charge in [-0.15, -0.1) is 0 Å². The highest BCUT2D eigenvalue weighted by atomic mass is 16.3. The molecule has 1 aromatic rings. The minimum Gasteiger partial charge on any atom is -0.386 e. The predicted molar refractivity (Wildman–Crippen MR) is 64.1 cm³/mol. The SMILES string of the molecule is CCC1(O)CN(C(=O)C=Cc2cnn(C)c2)C1. The maximum Gasteiger partial charge on any atom is 0.246 e. The molecule has 1 amide bonds. The first kappa shape index (κ1) is 11.9. The molecule has 0 radical (unpaired) electrons. The van der Waals surface area contributed by atoms with E-state index in [4.69, 9.17) is 0 Å². The first-order valence-electron chi connectivity index (χ1n) is 5.70. The van der Waals surface area contributed by atoms with Gasteiger partial charge in [0.2, 0.25) is 5.91 Å². The molecule has 1 N–H and O–H groups in total. The van der Waals surface area contributed by atoms with Crippen LogP contribution in [-0.2, 0) is 11.8 Å². The first-order valence-corrected chi connectivity index (χ1v) is 5.70. The van der Waals surface area contributed by atoms with Crippen molar-refractivity contribution in [1.82, 2.24) is 14.7 Å². The number of β-amino-alcohol motifs (C(OH)–C–C–N with tert-alkyl or cyclic N) is 1. The molecule has 0 saturated carbocycles. The fourth-order valence-corrected chi connectivity index (χ4v) is 1.84. The molecule has 1 aromatic heterocycles. The molecule has 0 spiro atoms. The van der Waals surface area contributed by atoms with E-state index in [0.29, 0.717) is 19.5 Å². The fraction of sp³-hybridized carbons (Fsp3) is 0.500. The van der Waals surface area contributed by atoms with Gasteiger partial charge in [0.15, 0.2) is 0 Å². The zero-order valence-corrected chi connectivity index (χ0v) is 10.1. The number of rotatable bonds is 3. The third-order valence-electron chi connectivity index (χ3n) is 3.08. The van der Waals surface area contributed by atoms with Crippen LogP contribution in [0.1, 0.15) is 18.9 Å². The number of nitrogens with zero attached hydrogens (tertiary/aromatic N) is 3. The Labute approximate surface area is 100 Å². The normalized spacial score (nSPS) is 18.4. The maximum atomic E-state index is 11.7. The number of amides is 1. The van der Waals surface area contributed by atoms with Crippen LogP contribution >= 0.6 is 0 Å². The minimum absolute atomic E-state index is 0.0630. The summed E-state index contributed by atoms with van der Waals surface area (Å²) in [6.45, 7) is 2.78. The van der Waals surface area contributed by atoms with E-state index in [1.54, 1.807) is 21.9 Å². The molecule has 5 heteroatoms. The highest BCUT2D eigenvalue weighted by molar-refractivity contribution is 5.92. The standard InChI is InChI=1S/C12H17N3O2/c1-3-12(17)8-15(9-12)11(16)5-4-10-6-13-14(2)7-10/h4-7,17H,3,8-9H2,1-2H3. The van der Waals surface area contributed by atoms with Crippen LogP contribution < -0.4 is 0 Å². The summed E-state index contributed by atoms with van der Waals surface area (Å²) < 4.78 is 1.68. The predicted octanol–water partition coefficient (Wildman–Crippen LogP) is 0.417. The van der Waals surface area contributed by atoms with E-state index < -0.39 is 5.60 Å². The molecule has 1 aliphatic rings. The van der Waals surface area contributed by atoms with E-state index in [9.17, 15) is 9.90 Å². The number of hydrogen-bond donors (Lipinski definition) is 1. The molecular weight excluding hydrogens is 218 g/mol. The van der Waals surface area contributed by atoms with Crippen LogP contribution in [0.4, 0.5) is 0 Å². The third kappa shape index (κ3) is 2.55. The van der Waals surface area contributed by atoms with Crippen LogP contribution in [0, 0.1) is 0 Å². The number of aryl methyl sites for hydroxylation is 1. The fourth-order valence-electron chi connectivity index (χ4n) is 1.84. The van der Waals surface area contributed by atoms with Gasteiger partial charge in [-0.2, -0.15) is 5.10 Å². The number of aromatic nitrogens is 2. The smallest absolute Gasteiger partial charge is 0.246 e. The lowest BCUT2D eigenvalue weighted by Crippen LogP contribution is -2.62. The summed E-state index contributed by atoms with van der Waals surface area (Å²) in [7, 11) is 1.83. The van der Waals surface area contributed by atoms with E-state index in [2.05, 4.69) is 5.10 Å². The van der Waals surface area contributed by atoms with Crippen molar-refractivity contribution in [1.29, 1.82) is 0 Å². The van der Waals surface area contributed by atoms with Crippen molar-refractivity contribution in [3.63, 3.8) is 0 Å². The number of carbonyl (C=O) groups is 1. The Hall–Kier alpha value is -1.62. The Bertz CT molecular complexity index is 444. The van der Waals surface area contributed by atoms with E-state index in [-0.39, 0.29) is 5.91 Å². The molecule has 0 unspecified atom stereocenters. The van der Waals surface area contributed by atoms with Gasteiger partial charge in [0.1, 0.15) is 0 Å². The van der Waals surface area contributed by atoms with Crippen molar-refractivity contribution >= 4 is 12.0 Å². The van der Waals surface area contributed by atoms with E-state index >= 15 is 0 Å². The zero-order valence-electron chi connectivity index (χ0n) is 10.1. The Morgan fingerprint density at radius 2 is 2.35 bits per heavy atom. The van der Waals surface area contributed by atoms with Gasteiger partial charge in [-0.05, 0) is 12.5 Å². The number of carbonyl (C=O) groups excluding carboxylic acids is 1. The van der Waals surface area contributed by atoms with Gasteiger partial charge in [0.05, 0.1) is 24.9 Å². The summed E-state index contributed by atoms with van der Waals surface area (Å²) in [5, 5.41) is 13.8. The van der Waals surface area contributed by atoms with Crippen LogP contribution in [0.3, 0.4) is 0 Å². The van der Waals surface area contributed by atoms with Crippen molar-refractivity contribution < 1.29 is 9.90 Å². The van der Waals surface area contributed by atoms with Crippen molar-refractivity contribution in [3.05, 3.63) is 24.0 Å². The summed E-state index contributed by atoms with van der Waals surface area (Å²) >= 11 is 0. The summed E-state index contributed by atoms with van der Waals surface area (Å²) in [5.41, 5.74) is 0.227. The number of likely N-dealkylation sites (tertiary alicyclic amines) is 1. The van der Waals surface area contributed by atoms with Crippen LogP contribution in [0.15, 0.2) is 18.5 Å². The highest BCUT2D eigenvalue weighted by Gasteiger charge is 2.41. The molecule has 2 rings (SSSR count). The van der Waals surface area contributed by atoms with Crippen LogP contribution in [-0.4, -0.2) is 44.4 Å². The Morgan fingerprint density at radius 1 is 1.65 bits per heavy atom. The van der Waals surface area contributed by atoms with Crippen LogP contribution in [0.5, 0.6) is 0 Å². The second-order valence-electron chi connectivity index (χ2n) is 4.55. The molecule has 5 nitrogen and oxygen atoms in total. The van der Waals surface area contributed by atoms with Gasteiger partial charge in [-0.1, -0.05) is 6.92 Å². The number of hydrogen-bond acceptors (Lipinski definition) is 3. The zero-order chi connectivity index (χ0) is 12.5. The average Bonchev–Trinajstić information content (AvgIpc) is 2.67. The van der Waals surface area contributed by atoms with Gasteiger partial charge in [0.25, 0.3) is 0 Å². The molecule has 1 saturated heterocycles. The van der Waals surface area contributed by atoms with Crippen molar-refractivity contribution in [2.24, 2.45) is 7.05 Å². The van der Waals surface area contributed by atoms with Crippen molar-refractivity contribution in [3.8, 4) is 0 Å². The van der Waals surface area contributed by atoms with E-state index in [1.807, 2.05) is 20.2 Å². The molecule has 0 bridgehead atoms. The molecule has 0 aliphatic carbocycles. The molecule has 1 fully saturated rings. The lowest BCUT2D eigenvalue weighted by atomic mass is 9.91. The minimum atomic E-state index is -0.669. The van der Waals surface area contributed by atoms with Gasteiger partial charge >= 0.3 is 0 Å². The maximum absolute atomic E-state index is 11.7. The van der Waals surface area contributed by atoms with Crippen LogP contribution in [0.25, 0.3) is 6.08 Å². The summed E-state index contributed by atoms with van der Waals surface area (Å²) in [5.74, 6) is -0.0630. The summed E-state index contributed by atoms with van der Waals surface area (Å²) in [4.78, 5) is 13.3. The quantitative estimate of drug-likeness (QED) is 0.772. The van der Waals surface area contributed by atoms with Crippen molar-refractivity contribution in [2.45, 2.75) is 18.9 Å². The lowest BCUT2D eigenvalue weighted by Gasteiger charge is -2.45. The Kier molecular flexibility index (Phi) is 3.02. The lowest BCUT2D eigenvalue weighted by molar-refractivity contribution is -0.150. The van der Waals surface area contributed by atoms with E-state index in [1.165, 1.54) is 6.08 Å². The Morgan fingerprint density at radius 3 is 2.88 bits per heavy atom. The molecule has 0 atom stereocenters. The first-order chi connectivity index (χ1) is 8.02.